The van der Waals surface area contributed by atoms with E-state index in [4.69, 9.17) is 10.2 Å². The summed E-state index contributed by atoms with van der Waals surface area (Å²) < 4.78 is 13.9. The predicted octanol–water partition coefficient (Wildman–Crippen LogP) is 0.162. The van der Waals surface area contributed by atoms with Gasteiger partial charge in [0.25, 0.3) is 0 Å². The number of para-hydroxylation sites is 1. The largest absolute Gasteiger partial charge is 0.476 e. The number of aromatic nitrogens is 3. The first kappa shape index (κ1) is 17.5. The Morgan fingerprint density at radius 1 is 1.12 bits per heavy atom. The number of halogens is 1. The molecule has 0 aliphatic carbocycles. The minimum atomic E-state index is -1.66. The van der Waals surface area contributed by atoms with Gasteiger partial charge in [0.15, 0.2) is 5.69 Å². The Balaban J connectivity index is 2.05. The maximum Gasteiger partial charge on any atom is 0.359 e. The number of urea groups is 1. The number of hydrogen-bond donors (Lipinski definition) is 4. The van der Waals surface area contributed by atoms with Gasteiger partial charge in [-0.1, -0.05) is 17.3 Å². The van der Waals surface area contributed by atoms with Crippen molar-refractivity contribution in [1.82, 2.24) is 20.3 Å². The van der Waals surface area contributed by atoms with Gasteiger partial charge < -0.3 is 15.5 Å². The summed E-state index contributed by atoms with van der Waals surface area (Å²) >= 11 is 0. The highest BCUT2D eigenvalue weighted by Gasteiger charge is 2.26. The lowest BCUT2D eigenvalue weighted by atomic mass is 10.3. The van der Waals surface area contributed by atoms with Crippen molar-refractivity contribution >= 4 is 29.6 Å². The maximum atomic E-state index is 13.4. The fraction of sp³-hybridized carbons (Fsp3) is 0.0769. The molecule has 130 valence electrons. The van der Waals surface area contributed by atoms with E-state index in [9.17, 15) is 23.6 Å². The Kier molecular flexibility index (Phi) is 5.02. The van der Waals surface area contributed by atoms with Crippen LogP contribution < -0.4 is 10.6 Å². The molecule has 1 aromatic heterocycles. The molecule has 11 nitrogen and oxygen atoms in total. The number of carboxylic acids is 2. The fourth-order valence-electron chi connectivity index (χ4n) is 1.80. The van der Waals surface area contributed by atoms with E-state index in [-0.39, 0.29) is 5.69 Å². The summed E-state index contributed by atoms with van der Waals surface area (Å²) in [5.74, 6) is -5.04. The van der Waals surface area contributed by atoms with Crippen LogP contribution in [0.15, 0.2) is 24.3 Å². The lowest BCUT2D eigenvalue weighted by Gasteiger charge is -2.08. The number of hydrogen-bond acceptors (Lipinski definition) is 6. The number of nitrogens with zero attached hydrogens (tertiary/aromatic N) is 3. The zero-order valence-electron chi connectivity index (χ0n) is 12.3. The summed E-state index contributed by atoms with van der Waals surface area (Å²) in [5, 5.41) is 28.1. The molecule has 2 rings (SSSR count). The average molecular weight is 351 g/mol. The summed E-state index contributed by atoms with van der Waals surface area (Å²) in [6.45, 7) is -0.785. The van der Waals surface area contributed by atoms with Gasteiger partial charge in [0, 0.05) is 0 Å². The Hall–Kier alpha value is -3.83. The number of carbonyl (C=O) groups excluding carboxylic acids is 2. The second-order valence-corrected chi connectivity index (χ2v) is 4.54. The normalized spacial score (nSPS) is 10.1. The van der Waals surface area contributed by atoms with E-state index in [1.165, 1.54) is 18.2 Å². The quantitative estimate of drug-likeness (QED) is 0.592. The number of imide groups is 1. The summed E-state index contributed by atoms with van der Waals surface area (Å²) in [5.41, 5.74) is -1.85. The average Bonchev–Trinajstić information content (AvgIpc) is 2.93. The number of rotatable bonds is 5. The van der Waals surface area contributed by atoms with Crippen LogP contribution in [0.25, 0.3) is 0 Å². The molecule has 4 N–H and O–H groups in total. The number of aromatic carboxylic acids is 2. The molecule has 0 aliphatic heterocycles. The van der Waals surface area contributed by atoms with Gasteiger partial charge in [-0.3, -0.25) is 10.1 Å². The van der Waals surface area contributed by atoms with Crippen LogP contribution in [-0.4, -0.2) is 49.1 Å². The van der Waals surface area contributed by atoms with Gasteiger partial charge in [-0.05, 0) is 12.1 Å². The van der Waals surface area contributed by atoms with Crippen molar-refractivity contribution in [2.45, 2.75) is 6.54 Å². The van der Waals surface area contributed by atoms with E-state index in [1.807, 2.05) is 5.32 Å². The van der Waals surface area contributed by atoms with Gasteiger partial charge >= 0.3 is 18.0 Å². The fourth-order valence-corrected chi connectivity index (χ4v) is 1.80. The maximum absolute atomic E-state index is 13.4. The number of carboxylic acid groups (broad SMARTS) is 2. The molecular weight excluding hydrogens is 341 g/mol. The molecular formula is C13H10FN5O6. The Morgan fingerprint density at radius 3 is 2.40 bits per heavy atom. The van der Waals surface area contributed by atoms with E-state index in [1.54, 1.807) is 0 Å². The Morgan fingerprint density at radius 2 is 1.80 bits per heavy atom. The number of carbonyl (C=O) groups is 4. The molecule has 0 aliphatic rings. The standard InChI is InChI=1S/C13H10FN5O6/c14-6-3-1-2-4-7(6)15-13(25)16-8(20)5-19-10(12(23)24)9(11(21)22)17-18-19/h1-4H,5H2,(H,21,22)(H,23,24)(H2,15,16,20,25). The number of anilines is 1. The smallest absolute Gasteiger partial charge is 0.359 e. The van der Waals surface area contributed by atoms with Crippen molar-refractivity contribution in [1.29, 1.82) is 0 Å². The summed E-state index contributed by atoms with van der Waals surface area (Å²) in [6.07, 6.45) is 0. The number of amides is 3. The molecule has 1 heterocycles. The van der Waals surface area contributed by atoms with Crippen LogP contribution in [0.5, 0.6) is 0 Å². The van der Waals surface area contributed by atoms with Crippen molar-refractivity contribution in [3.05, 3.63) is 41.5 Å². The van der Waals surface area contributed by atoms with Crippen LogP contribution in [0.1, 0.15) is 21.0 Å². The zero-order chi connectivity index (χ0) is 18.6. The van der Waals surface area contributed by atoms with E-state index in [2.05, 4.69) is 15.6 Å². The minimum Gasteiger partial charge on any atom is -0.476 e. The molecule has 0 saturated heterocycles. The summed E-state index contributed by atoms with van der Waals surface area (Å²) in [7, 11) is 0. The Labute approximate surface area is 138 Å². The van der Waals surface area contributed by atoms with Crippen molar-refractivity contribution in [2.24, 2.45) is 0 Å². The van der Waals surface area contributed by atoms with Crippen molar-refractivity contribution in [2.75, 3.05) is 5.32 Å². The van der Waals surface area contributed by atoms with Crippen molar-refractivity contribution in [3.63, 3.8) is 0 Å². The van der Waals surface area contributed by atoms with E-state index >= 15 is 0 Å². The molecule has 12 heteroatoms. The molecule has 0 fully saturated rings. The highest BCUT2D eigenvalue weighted by Crippen LogP contribution is 2.11. The van der Waals surface area contributed by atoms with Gasteiger partial charge in [0.1, 0.15) is 12.4 Å². The second kappa shape index (κ2) is 7.16. The molecule has 0 bridgehead atoms. The summed E-state index contributed by atoms with van der Waals surface area (Å²) in [4.78, 5) is 45.3. The molecule has 0 radical (unpaired) electrons. The van der Waals surface area contributed by atoms with Gasteiger partial charge in [0.2, 0.25) is 11.6 Å². The zero-order valence-corrected chi connectivity index (χ0v) is 12.3. The monoisotopic (exact) mass is 351 g/mol. The third-order valence-electron chi connectivity index (χ3n) is 2.81. The first-order valence-corrected chi connectivity index (χ1v) is 6.55. The molecule has 0 unspecified atom stereocenters. The van der Waals surface area contributed by atoms with E-state index in [0.29, 0.717) is 4.68 Å². The number of nitrogens with one attached hydrogen (secondary N) is 2. The van der Waals surface area contributed by atoms with Gasteiger partial charge in [-0.2, -0.15) is 0 Å². The topological polar surface area (TPSA) is 164 Å². The van der Waals surface area contributed by atoms with Crippen molar-refractivity contribution in [3.8, 4) is 0 Å². The van der Waals surface area contributed by atoms with Crippen molar-refractivity contribution < 1.29 is 33.8 Å². The first-order valence-electron chi connectivity index (χ1n) is 6.55. The van der Waals surface area contributed by atoms with Crippen LogP contribution in [0.2, 0.25) is 0 Å². The summed E-state index contributed by atoms with van der Waals surface area (Å²) in [6, 6.07) is 4.16. The lowest BCUT2D eigenvalue weighted by molar-refractivity contribution is -0.120. The molecule has 0 saturated carbocycles. The lowest BCUT2D eigenvalue weighted by Crippen LogP contribution is -2.37. The highest BCUT2D eigenvalue weighted by atomic mass is 19.1. The molecule has 0 atom stereocenters. The molecule has 0 spiro atoms. The Bertz CT molecular complexity index is 864. The van der Waals surface area contributed by atoms with Crippen LogP contribution in [0, 0.1) is 5.82 Å². The molecule has 25 heavy (non-hydrogen) atoms. The molecule has 1 aromatic carbocycles. The second-order valence-electron chi connectivity index (χ2n) is 4.54. The first-order chi connectivity index (χ1) is 11.8. The predicted molar refractivity (Wildman–Crippen MR) is 77.5 cm³/mol. The third kappa shape index (κ3) is 4.13. The van der Waals surface area contributed by atoms with E-state index < -0.39 is 47.6 Å². The van der Waals surface area contributed by atoms with Crippen LogP contribution in [0.4, 0.5) is 14.9 Å². The van der Waals surface area contributed by atoms with Crippen LogP contribution in [0.3, 0.4) is 0 Å². The minimum absolute atomic E-state index is 0.173. The number of benzene rings is 1. The van der Waals surface area contributed by atoms with E-state index in [0.717, 1.165) is 6.07 Å². The highest BCUT2D eigenvalue weighted by molar-refractivity contribution is 6.02. The molecule has 3 amide bonds. The third-order valence-corrected chi connectivity index (χ3v) is 2.81. The van der Waals surface area contributed by atoms with Crippen LogP contribution >= 0.6 is 0 Å². The van der Waals surface area contributed by atoms with Gasteiger partial charge in [-0.25, -0.2) is 23.5 Å². The van der Waals surface area contributed by atoms with Gasteiger partial charge in [0.05, 0.1) is 5.69 Å². The SMILES string of the molecule is O=C(Cn1nnc(C(=O)O)c1C(=O)O)NC(=O)Nc1ccccc1F. The van der Waals surface area contributed by atoms with Crippen LogP contribution in [-0.2, 0) is 11.3 Å². The molecule has 2 aromatic rings. The van der Waals surface area contributed by atoms with Gasteiger partial charge in [-0.15, -0.1) is 5.10 Å².